The second kappa shape index (κ2) is 11.8. The molecule has 36 heavy (non-hydrogen) atoms. The van der Waals surface area contributed by atoms with Gasteiger partial charge in [-0.3, -0.25) is 4.79 Å². The van der Waals surface area contributed by atoms with Crippen molar-refractivity contribution in [3.8, 4) is 5.75 Å². The molecule has 2 aromatic carbocycles. The number of nitrogens with one attached hydrogen (secondary N) is 1. The first-order valence-electron chi connectivity index (χ1n) is 12.2. The van der Waals surface area contributed by atoms with E-state index in [-0.39, 0.29) is 10.8 Å². The molecule has 0 unspecified atom stereocenters. The average molecular weight is 537 g/mol. The third-order valence-electron chi connectivity index (χ3n) is 6.47. The third kappa shape index (κ3) is 6.30. The smallest absolute Gasteiger partial charge is 0.265 e. The van der Waals surface area contributed by atoms with Gasteiger partial charge in [0.05, 0.1) is 29.5 Å². The van der Waals surface area contributed by atoms with Crippen molar-refractivity contribution in [3.63, 3.8) is 0 Å². The summed E-state index contributed by atoms with van der Waals surface area (Å²) >= 11 is 6.03. The van der Waals surface area contributed by atoms with Gasteiger partial charge in [-0.2, -0.15) is 4.31 Å². The van der Waals surface area contributed by atoms with Crippen molar-refractivity contribution in [1.82, 2.24) is 9.21 Å². The molecule has 0 aromatic heterocycles. The molecule has 1 N–H and O–H groups in total. The Morgan fingerprint density at radius 1 is 1.08 bits per heavy atom. The lowest BCUT2D eigenvalue weighted by atomic mass is 10.2. The quantitative estimate of drug-likeness (QED) is 0.554. The normalized spacial score (nSPS) is 18.6. The van der Waals surface area contributed by atoms with Crippen LogP contribution in [0.15, 0.2) is 47.4 Å². The molecule has 0 bridgehead atoms. The molecule has 0 aliphatic carbocycles. The summed E-state index contributed by atoms with van der Waals surface area (Å²) in [5.74, 6) is 0.0917. The minimum Gasteiger partial charge on any atom is -0.481 e. The second-order valence-electron chi connectivity index (χ2n) is 8.82. The number of carbonyl (C=O) groups is 1. The number of sulfonamides is 1. The van der Waals surface area contributed by atoms with E-state index in [9.17, 15) is 13.2 Å². The van der Waals surface area contributed by atoms with Crippen LogP contribution in [-0.2, 0) is 19.6 Å². The maximum absolute atomic E-state index is 13.3. The van der Waals surface area contributed by atoms with Crippen LogP contribution in [0.3, 0.4) is 0 Å². The molecule has 11 heteroatoms. The monoisotopic (exact) mass is 536 g/mol. The standard InChI is InChI=1S/C25H33ClN4O5S/c1-3-28-9-11-29(12-10-28)24-8-7-22(36(32,33)30-13-15-34-16-14-30)18-23(24)27-25(31)19(2)35-21-6-4-5-20(26)17-21/h4-8,17-19H,3,9-16H2,1-2H3,(H,27,31)/t19-/m0/s1. The summed E-state index contributed by atoms with van der Waals surface area (Å²) in [5, 5.41) is 3.43. The van der Waals surface area contributed by atoms with Gasteiger partial charge in [0, 0.05) is 44.3 Å². The van der Waals surface area contributed by atoms with E-state index in [0.717, 1.165) is 38.4 Å². The number of amides is 1. The van der Waals surface area contributed by atoms with Crippen molar-refractivity contribution in [2.45, 2.75) is 24.8 Å². The zero-order valence-electron chi connectivity index (χ0n) is 20.7. The van der Waals surface area contributed by atoms with Crippen LogP contribution in [0.25, 0.3) is 0 Å². The minimum atomic E-state index is -3.72. The van der Waals surface area contributed by atoms with Crippen LogP contribution >= 0.6 is 11.6 Å². The molecular weight excluding hydrogens is 504 g/mol. The molecule has 2 saturated heterocycles. The van der Waals surface area contributed by atoms with Gasteiger partial charge in [0.2, 0.25) is 10.0 Å². The highest BCUT2D eigenvalue weighted by molar-refractivity contribution is 7.89. The zero-order valence-corrected chi connectivity index (χ0v) is 22.2. The SMILES string of the molecule is CCN1CCN(c2ccc(S(=O)(=O)N3CCOCC3)cc2NC(=O)[C@H](C)Oc2cccc(Cl)c2)CC1. The lowest BCUT2D eigenvalue weighted by Crippen LogP contribution is -2.46. The van der Waals surface area contributed by atoms with Crippen LogP contribution < -0.4 is 15.0 Å². The number of carbonyl (C=O) groups excluding carboxylic acids is 1. The number of piperazine rings is 1. The topological polar surface area (TPSA) is 91.4 Å². The van der Waals surface area contributed by atoms with E-state index >= 15 is 0 Å². The van der Waals surface area contributed by atoms with Gasteiger partial charge in [-0.1, -0.05) is 24.6 Å². The van der Waals surface area contributed by atoms with Crippen LogP contribution in [-0.4, -0.2) is 88.7 Å². The molecule has 0 saturated carbocycles. The van der Waals surface area contributed by atoms with Crippen LogP contribution in [0.2, 0.25) is 5.02 Å². The fourth-order valence-corrected chi connectivity index (χ4v) is 5.94. The van der Waals surface area contributed by atoms with E-state index in [1.807, 2.05) is 0 Å². The summed E-state index contributed by atoms with van der Waals surface area (Å²) in [5.41, 5.74) is 1.23. The first kappa shape index (κ1) is 26.7. The number of halogens is 1. The number of likely N-dealkylation sites (N-methyl/N-ethyl adjacent to an activating group) is 1. The predicted molar refractivity (Wildman–Crippen MR) is 141 cm³/mol. The number of hydrogen-bond acceptors (Lipinski definition) is 7. The van der Waals surface area contributed by atoms with Gasteiger partial charge in [0.25, 0.3) is 5.91 Å². The Hall–Kier alpha value is -2.37. The van der Waals surface area contributed by atoms with Crippen LogP contribution in [0, 0.1) is 0 Å². The Kier molecular flexibility index (Phi) is 8.74. The Balaban J connectivity index is 1.59. The van der Waals surface area contributed by atoms with Crippen molar-refractivity contribution < 1.29 is 22.7 Å². The van der Waals surface area contributed by atoms with Crippen molar-refractivity contribution >= 4 is 38.9 Å². The Morgan fingerprint density at radius 2 is 1.81 bits per heavy atom. The number of morpholine rings is 1. The fraction of sp³-hybridized carbons (Fsp3) is 0.480. The number of ether oxygens (including phenoxy) is 2. The lowest BCUT2D eigenvalue weighted by Gasteiger charge is -2.36. The third-order valence-corrected chi connectivity index (χ3v) is 8.60. The Bertz CT molecular complexity index is 1160. The number of benzene rings is 2. The number of rotatable bonds is 8. The van der Waals surface area contributed by atoms with Crippen molar-refractivity contribution in [2.24, 2.45) is 0 Å². The molecule has 2 aromatic rings. The molecule has 196 valence electrons. The highest BCUT2D eigenvalue weighted by atomic mass is 35.5. The van der Waals surface area contributed by atoms with E-state index in [0.29, 0.717) is 42.8 Å². The highest BCUT2D eigenvalue weighted by Gasteiger charge is 2.29. The molecule has 2 fully saturated rings. The average Bonchev–Trinajstić information content (AvgIpc) is 2.89. The van der Waals surface area contributed by atoms with E-state index in [2.05, 4.69) is 22.0 Å². The number of hydrogen-bond donors (Lipinski definition) is 1. The highest BCUT2D eigenvalue weighted by Crippen LogP contribution is 2.32. The first-order chi connectivity index (χ1) is 17.3. The molecule has 1 atom stereocenters. The molecule has 0 spiro atoms. The first-order valence-corrected chi connectivity index (χ1v) is 14.0. The summed E-state index contributed by atoms with van der Waals surface area (Å²) in [6.45, 7) is 9.43. The van der Waals surface area contributed by atoms with Crippen LogP contribution in [0.5, 0.6) is 5.75 Å². The maximum atomic E-state index is 13.3. The zero-order chi connectivity index (χ0) is 25.7. The predicted octanol–water partition coefficient (Wildman–Crippen LogP) is 2.91. The van der Waals surface area contributed by atoms with Crippen molar-refractivity contribution in [2.75, 3.05) is 69.2 Å². The number of nitrogens with zero attached hydrogens (tertiary/aromatic N) is 3. The molecule has 0 radical (unpaired) electrons. The maximum Gasteiger partial charge on any atom is 0.265 e. The molecule has 4 rings (SSSR count). The molecule has 2 heterocycles. The van der Waals surface area contributed by atoms with Gasteiger partial charge in [0.15, 0.2) is 6.10 Å². The van der Waals surface area contributed by atoms with Gasteiger partial charge in [0.1, 0.15) is 5.75 Å². The van der Waals surface area contributed by atoms with Gasteiger partial charge < -0.3 is 24.6 Å². The summed E-state index contributed by atoms with van der Waals surface area (Å²) in [4.78, 5) is 17.8. The molecule has 2 aliphatic rings. The summed E-state index contributed by atoms with van der Waals surface area (Å²) in [6, 6.07) is 11.8. The van der Waals surface area contributed by atoms with Gasteiger partial charge in [-0.05, 0) is 49.9 Å². The Labute approximate surface area is 218 Å². The Morgan fingerprint density at radius 3 is 2.47 bits per heavy atom. The fourth-order valence-electron chi connectivity index (χ4n) is 4.32. The van der Waals surface area contributed by atoms with Crippen LogP contribution in [0.1, 0.15) is 13.8 Å². The lowest BCUT2D eigenvalue weighted by molar-refractivity contribution is -0.122. The molecule has 2 aliphatic heterocycles. The summed E-state index contributed by atoms with van der Waals surface area (Å²) in [6.07, 6.45) is -0.826. The largest absolute Gasteiger partial charge is 0.481 e. The molecular formula is C25H33ClN4O5S. The summed E-state index contributed by atoms with van der Waals surface area (Å²) in [7, 11) is -3.72. The van der Waals surface area contributed by atoms with E-state index in [1.165, 1.54) is 4.31 Å². The van der Waals surface area contributed by atoms with Gasteiger partial charge in [-0.25, -0.2) is 8.42 Å². The number of anilines is 2. The van der Waals surface area contributed by atoms with Gasteiger partial charge in [-0.15, -0.1) is 0 Å². The van der Waals surface area contributed by atoms with Crippen molar-refractivity contribution in [1.29, 1.82) is 0 Å². The van der Waals surface area contributed by atoms with Crippen LogP contribution in [0.4, 0.5) is 11.4 Å². The summed E-state index contributed by atoms with van der Waals surface area (Å²) < 4.78 is 39.1. The molecule has 1 amide bonds. The van der Waals surface area contributed by atoms with Crippen molar-refractivity contribution in [3.05, 3.63) is 47.5 Å². The van der Waals surface area contributed by atoms with E-state index in [4.69, 9.17) is 21.1 Å². The molecule has 9 nitrogen and oxygen atoms in total. The second-order valence-corrected chi connectivity index (χ2v) is 11.2. The minimum absolute atomic E-state index is 0.138. The van der Waals surface area contributed by atoms with E-state index < -0.39 is 16.1 Å². The van der Waals surface area contributed by atoms with Gasteiger partial charge >= 0.3 is 0 Å². The van der Waals surface area contributed by atoms with E-state index in [1.54, 1.807) is 49.4 Å².